The third-order valence-electron chi connectivity index (χ3n) is 1.41. The lowest BCUT2D eigenvalue weighted by molar-refractivity contribution is -0.138. The van der Waals surface area contributed by atoms with Gasteiger partial charge in [0.2, 0.25) is 0 Å². The van der Waals surface area contributed by atoms with Gasteiger partial charge in [-0.15, -0.1) is 6.58 Å². The van der Waals surface area contributed by atoms with E-state index in [1.54, 1.807) is 6.92 Å². The highest BCUT2D eigenvalue weighted by Gasteiger charge is 2.07. The van der Waals surface area contributed by atoms with Gasteiger partial charge < -0.3 is 10.4 Å². The molecule has 0 aliphatic carbocycles. The Labute approximate surface area is 67.1 Å². The minimum Gasteiger partial charge on any atom is -0.480 e. The van der Waals surface area contributed by atoms with Crippen LogP contribution in [0, 0.1) is 0 Å². The predicted octanol–water partition coefficient (Wildman–Crippen LogP) is 1.02. The topological polar surface area (TPSA) is 49.3 Å². The third kappa shape index (κ3) is 5.61. The smallest absolute Gasteiger partial charge is 0.320 e. The van der Waals surface area contributed by atoms with E-state index in [9.17, 15) is 4.79 Å². The Morgan fingerprint density at radius 3 is 2.91 bits per heavy atom. The minimum atomic E-state index is -0.802. The molecule has 0 unspecified atom stereocenters. The number of allylic oxidation sites excluding steroid dienone is 1. The second-order valence-electron chi connectivity index (χ2n) is 2.44. The molecule has 0 bridgehead atoms. The van der Waals surface area contributed by atoms with Crippen LogP contribution >= 0.6 is 0 Å². The van der Waals surface area contributed by atoms with Crippen molar-refractivity contribution in [2.75, 3.05) is 6.54 Å². The van der Waals surface area contributed by atoms with Gasteiger partial charge >= 0.3 is 5.97 Å². The normalized spacial score (nSPS) is 12.5. The molecule has 0 heterocycles. The van der Waals surface area contributed by atoms with Crippen LogP contribution in [0.25, 0.3) is 0 Å². The number of hydrogen-bond donors (Lipinski definition) is 2. The number of carboxylic acid groups (broad SMARTS) is 1. The fourth-order valence-electron chi connectivity index (χ4n) is 0.652. The van der Waals surface area contributed by atoms with Crippen LogP contribution in [0.4, 0.5) is 0 Å². The average molecular weight is 157 g/mol. The number of nitrogens with one attached hydrogen (secondary N) is 1. The molecular weight excluding hydrogens is 142 g/mol. The molecule has 0 fully saturated rings. The first kappa shape index (κ1) is 10.2. The molecule has 3 heteroatoms. The van der Waals surface area contributed by atoms with Gasteiger partial charge in [0.05, 0.1) is 0 Å². The van der Waals surface area contributed by atoms with E-state index in [1.807, 2.05) is 6.08 Å². The first-order valence-electron chi connectivity index (χ1n) is 3.75. The van der Waals surface area contributed by atoms with E-state index in [-0.39, 0.29) is 0 Å². The molecule has 3 nitrogen and oxygen atoms in total. The van der Waals surface area contributed by atoms with Crippen LogP contribution < -0.4 is 5.32 Å². The molecule has 0 aliphatic rings. The summed E-state index contributed by atoms with van der Waals surface area (Å²) in [5.41, 5.74) is 0. The molecule has 0 rings (SSSR count). The van der Waals surface area contributed by atoms with E-state index in [2.05, 4.69) is 11.9 Å². The summed E-state index contributed by atoms with van der Waals surface area (Å²) in [5.74, 6) is -0.802. The van der Waals surface area contributed by atoms with Crippen LogP contribution in [0.1, 0.15) is 19.8 Å². The summed E-state index contributed by atoms with van der Waals surface area (Å²) >= 11 is 0. The summed E-state index contributed by atoms with van der Waals surface area (Å²) in [5, 5.41) is 11.3. The maximum Gasteiger partial charge on any atom is 0.320 e. The van der Waals surface area contributed by atoms with Crippen molar-refractivity contribution in [3.63, 3.8) is 0 Å². The van der Waals surface area contributed by atoms with Gasteiger partial charge in [-0.1, -0.05) is 6.08 Å². The maximum absolute atomic E-state index is 10.3. The van der Waals surface area contributed by atoms with Crippen LogP contribution in [0.5, 0.6) is 0 Å². The monoisotopic (exact) mass is 157 g/mol. The molecule has 0 saturated heterocycles. The van der Waals surface area contributed by atoms with Crippen LogP contribution in [0.2, 0.25) is 0 Å². The van der Waals surface area contributed by atoms with Gasteiger partial charge in [0.25, 0.3) is 0 Å². The summed E-state index contributed by atoms with van der Waals surface area (Å²) in [4.78, 5) is 10.3. The van der Waals surface area contributed by atoms with Crippen molar-refractivity contribution < 1.29 is 9.90 Å². The maximum atomic E-state index is 10.3. The average Bonchev–Trinajstić information content (AvgIpc) is 1.97. The van der Waals surface area contributed by atoms with Crippen LogP contribution in [-0.2, 0) is 4.79 Å². The zero-order valence-electron chi connectivity index (χ0n) is 6.84. The summed E-state index contributed by atoms with van der Waals surface area (Å²) < 4.78 is 0. The van der Waals surface area contributed by atoms with E-state index in [0.29, 0.717) is 0 Å². The van der Waals surface area contributed by atoms with E-state index < -0.39 is 12.0 Å². The molecule has 11 heavy (non-hydrogen) atoms. The van der Waals surface area contributed by atoms with Gasteiger partial charge in [0.1, 0.15) is 6.04 Å². The van der Waals surface area contributed by atoms with E-state index in [0.717, 1.165) is 19.4 Å². The van der Waals surface area contributed by atoms with Gasteiger partial charge in [0.15, 0.2) is 0 Å². The number of unbranched alkanes of at least 4 members (excludes halogenated alkanes) is 1. The number of carboxylic acids is 1. The molecule has 0 amide bonds. The molecule has 0 aromatic heterocycles. The summed E-state index contributed by atoms with van der Waals surface area (Å²) in [6.07, 6.45) is 3.70. The molecule has 0 aromatic carbocycles. The molecule has 2 N–H and O–H groups in total. The SMILES string of the molecule is C=CCCCN[C@H](C)C(=O)O. The van der Waals surface area contributed by atoms with E-state index in [4.69, 9.17) is 5.11 Å². The summed E-state index contributed by atoms with van der Waals surface area (Å²) in [6.45, 7) is 5.94. The lowest BCUT2D eigenvalue weighted by Crippen LogP contribution is -2.34. The van der Waals surface area contributed by atoms with Crippen LogP contribution in [0.3, 0.4) is 0 Å². The third-order valence-corrected chi connectivity index (χ3v) is 1.41. The van der Waals surface area contributed by atoms with Crippen molar-refractivity contribution in [2.45, 2.75) is 25.8 Å². The highest BCUT2D eigenvalue weighted by molar-refractivity contribution is 5.72. The Morgan fingerprint density at radius 1 is 1.82 bits per heavy atom. The van der Waals surface area contributed by atoms with Gasteiger partial charge in [-0.3, -0.25) is 4.79 Å². The minimum absolute atomic E-state index is 0.445. The van der Waals surface area contributed by atoms with Crippen molar-refractivity contribution in [3.05, 3.63) is 12.7 Å². The molecule has 0 radical (unpaired) electrons. The highest BCUT2D eigenvalue weighted by atomic mass is 16.4. The number of hydrogen-bond acceptors (Lipinski definition) is 2. The summed E-state index contributed by atoms with van der Waals surface area (Å²) in [7, 11) is 0. The Kier molecular flexibility index (Phi) is 5.47. The summed E-state index contributed by atoms with van der Waals surface area (Å²) in [6, 6.07) is -0.445. The lowest BCUT2D eigenvalue weighted by Gasteiger charge is -2.06. The van der Waals surface area contributed by atoms with Crippen molar-refractivity contribution >= 4 is 5.97 Å². The predicted molar refractivity (Wildman–Crippen MR) is 44.5 cm³/mol. The Hall–Kier alpha value is -0.830. The van der Waals surface area contributed by atoms with Crippen LogP contribution in [0.15, 0.2) is 12.7 Å². The largest absolute Gasteiger partial charge is 0.480 e. The van der Waals surface area contributed by atoms with Crippen molar-refractivity contribution in [2.24, 2.45) is 0 Å². The van der Waals surface area contributed by atoms with Crippen molar-refractivity contribution in [3.8, 4) is 0 Å². The Bertz CT molecular complexity index is 134. The second kappa shape index (κ2) is 5.92. The van der Waals surface area contributed by atoms with E-state index in [1.165, 1.54) is 0 Å². The van der Waals surface area contributed by atoms with Crippen LogP contribution in [-0.4, -0.2) is 23.7 Å². The van der Waals surface area contributed by atoms with Gasteiger partial charge in [-0.2, -0.15) is 0 Å². The molecule has 0 spiro atoms. The van der Waals surface area contributed by atoms with Gasteiger partial charge in [-0.25, -0.2) is 0 Å². The highest BCUT2D eigenvalue weighted by Crippen LogP contribution is 1.88. The van der Waals surface area contributed by atoms with Gasteiger partial charge in [-0.05, 0) is 26.3 Å². The number of aliphatic carboxylic acids is 1. The molecular formula is C8H15NO2. The molecule has 0 saturated carbocycles. The standard InChI is InChI=1S/C8H15NO2/c1-3-4-5-6-9-7(2)8(10)11/h3,7,9H,1,4-6H2,2H3,(H,10,11)/t7-/m1/s1. The zero-order chi connectivity index (χ0) is 8.69. The van der Waals surface area contributed by atoms with Gasteiger partial charge in [0, 0.05) is 0 Å². The first-order chi connectivity index (χ1) is 5.18. The molecule has 1 atom stereocenters. The quantitative estimate of drug-likeness (QED) is 0.447. The fraction of sp³-hybridized carbons (Fsp3) is 0.625. The molecule has 64 valence electrons. The van der Waals surface area contributed by atoms with Crippen molar-refractivity contribution in [1.29, 1.82) is 0 Å². The second-order valence-corrected chi connectivity index (χ2v) is 2.44. The van der Waals surface area contributed by atoms with Crippen molar-refractivity contribution in [1.82, 2.24) is 5.32 Å². The lowest BCUT2D eigenvalue weighted by atomic mass is 10.3. The Balaban J connectivity index is 3.24. The fourth-order valence-corrected chi connectivity index (χ4v) is 0.652. The van der Waals surface area contributed by atoms with E-state index >= 15 is 0 Å². The number of rotatable bonds is 6. The zero-order valence-corrected chi connectivity index (χ0v) is 6.84. The Morgan fingerprint density at radius 2 is 2.45 bits per heavy atom. The number of carbonyl (C=O) groups is 1. The first-order valence-corrected chi connectivity index (χ1v) is 3.75. The molecule has 0 aliphatic heterocycles. The molecule has 0 aromatic rings.